The van der Waals surface area contributed by atoms with Crippen LogP contribution in [0.5, 0.6) is 0 Å². The monoisotopic (exact) mass is 463 g/mol. The molecule has 4 rings (SSSR count). The Balaban J connectivity index is 1.55. The highest BCUT2D eigenvalue weighted by Gasteiger charge is 2.31. The van der Waals surface area contributed by atoms with E-state index in [2.05, 4.69) is 10.1 Å². The van der Waals surface area contributed by atoms with Gasteiger partial charge in [0.2, 0.25) is 0 Å². The van der Waals surface area contributed by atoms with E-state index in [4.69, 9.17) is 21.1 Å². The lowest BCUT2D eigenvalue weighted by atomic mass is 10.1. The van der Waals surface area contributed by atoms with Crippen LogP contribution in [0.3, 0.4) is 0 Å². The first-order chi connectivity index (χ1) is 15.1. The molecule has 2 aromatic rings. The summed E-state index contributed by atoms with van der Waals surface area (Å²) in [4.78, 5) is 33.6. The third-order valence-corrected chi connectivity index (χ3v) is 5.88. The Kier molecular flexibility index (Phi) is 6.31. The van der Waals surface area contributed by atoms with Gasteiger partial charge in [0.1, 0.15) is 10.8 Å². The van der Waals surface area contributed by atoms with E-state index in [9.17, 15) is 9.59 Å². The SMILES string of the molecule is Cc1nn(C2CCCCO2)c2nc(Cl)cc(C(=O)N3CCN(C(=O)OC(C)(C)C)CC3)c12. The van der Waals surface area contributed by atoms with Crippen molar-refractivity contribution in [3.8, 4) is 0 Å². The molecular weight excluding hydrogens is 434 g/mol. The second-order valence-electron chi connectivity index (χ2n) is 9.30. The summed E-state index contributed by atoms with van der Waals surface area (Å²) in [5, 5.41) is 5.58. The molecule has 10 heteroatoms. The molecule has 4 heterocycles. The van der Waals surface area contributed by atoms with Gasteiger partial charge in [-0.2, -0.15) is 5.10 Å². The van der Waals surface area contributed by atoms with Crippen molar-refractivity contribution >= 4 is 34.6 Å². The topological polar surface area (TPSA) is 89.8 Å². The first kappa shape index (κ1) is 22.8. The number of pyridine rings is 1. The number of halogens is 1. The molecule has 2 fully saturated rings. The number of hydrogen-bond acceptors (Lipinski definition) is 6. The molecule has 0 N–H and O–H groups in total. The number of ether oxygens (including phenoxy) is 2. The molecule has 2 amide bonds. The van der Waals surface area contributed by atoms with Crippen LogP contribution in [-0.2, 0) is 9.47 Å². The van der Waals surface area contributed by atoms with Gasteiger partial charge in [-0.15, -0.1) is 0 Å². The fraction of sp³-hybridized carbons (Fsp3) is 0.636. The maximum atomic E-state index is 13.4. The first-order valence-electron chi connectivity index (χ1n) is 11.1. The van der Waals surface area contributed by atoms with Gasteiger partial charge in [-0.25, -0.2) is 14.5 Å². The predicted molar refractivity (Wildman–Crippen MR) is 120 cm³/mol. The minimum absolute atomic E-state index is 0.143. The van der Waals surface area contributed by atoms with Gasteiger partial charge < -0.3 is 19.3 Å². The Hall–Kier alpha value is -2.39. The lowest BCUT2D eigenvalue weighted by Crippen LogP contribution is -2.51. The molecular formula is C22H30ClN5O4. The lowest BCUT2D eigenvalue weighted by Gasteiger charge is -2.35. The summed E-state index contributed by atoms with van der Waals surface area (Å²) in [7, 11) is 0. The zero-order valence-electron chi connectivity index (χ0n) is 19.1. The third-order valence-electron chi connectivity index (χ3n) is 5.68. The minimum atomic E-state index is -0.552. The molecule has 1 unspecified atom stereocenters. The number of carbonyl (C=O) groups is 2. The predicted octanol–water partition coefficient (Wildman–Crippen LogP) is 3.79. The van der Waals surface area contributed by atoms with Gasteiger partial charge in [-0.05, 0) is 53.0 Å². The van der Waals surface area contributed by atoms with Crippen molar-refractivity contribution in [2.75, 3.05) is 32.8 Å². The van der Waals surface area contributed by atoms with E-state index in [0.717, 1.165) is 19.3 Å². The van der Waals surface area contributed by atoms with Crippen LogP contribution >= 0.6 is 11.6 Å². The summed E-state index contributed by atoms with van der Waals surface area (Å²) >= 11 is 6.32. The van der Waals surface area contributed by atoms with Crippen LogP contribution in [0.1, 0.15) is 62.3 Å². The molecule has 0 aliphatic carbocycles. The van der Waals surface area contributed by atoms with Gasteiger partial charge in [-0.3, -0.25) is 4.79 Å². The van der Waals surface area contributed by atoms with E-state index in [1.807, 2.05) is 27.7 Å². The molecule has 0 radical (unpaired) electrons. The van der Waals surface area contributed by atoms with Crippen LogP contribution in [0, 0.1) is 6.92 Å². The maximum Gasteiger partial charge on any atom is 0.410 e. The van der Waals surface area contributed by atoms with Crippen LogP contribution < -0.4 is 0 Å². The first-order valence-corrected chi connectivity index (χ1v) is 11.5. The Morgan fingerprint density at radius 1 is 1.16 bits per heavy atom. The summed E-state index contributed by atoms with van der Waals surface area (Å²) in [5.74, 6) is -0.143. The van der Waals surface area contributed by atoms with Crippen molar-refractivity contribution < 1.29 is 19.1 Å². The van der Waals surface area contributed by atoms with Gasteiger partial charge in [0.25, 0.3) is 5.91 Å². The number of hydrogen-bond donors (Lipinski definition) is 0. The normalized spacial score (nSPS) is 20.0. The largest absolute Gasteiger partial charge is 0.444 e. The molecule has 1 atom stereocenters. The van der Waals surface area contributed by atoms with Crippen LogP contribution in [0.4, 0.5) is 4.79 Å². The highest BCUT2D eigenvalue weighted by Crippen LogP contribution is 2.31. The number of nitrogens with zero attached hydrogens (tertiary/aromatic N) is 5. The molecule has 0 bridgehead atoms. The molecule has 2 aliphatic heterocycles. The van der Waals surface area contributed by atoms with Crippen molar-refractivity contribution in [3.05, 3.63) is 22.5 Å². The molecule has 0 aromatic carbocycles. The summed E-state index contributed by atoms with van der Waals surface area (Å²) in [5.41, 5.74) is 1.21. The Bertz CT molecular complexity index is 1020. The van der Waals surface area contributed by atoms with E-state index >= 15 is 0 Å². The van der Waals surface area contributed by atoms with Gasteiger partial charge in [-0.1, -0.05) is 11.6 Å². The zero-order chi connectivity index (χ0) is 23.0. The average Bonchev–Trinajstić information content (AvgIpc) is 3.08. The number of carbonyl (C=O) groups excluding carboxylic acids is 2. The Morgan fingerprint density at radius 3 is 2.47 bits per heavy atom. The second-order valence-corrected chi connectivity index (χ2v) is 9.69. The van der Waals surface area contributed by atoms with E-state index < -0.39 is 5.60 Å². The van der Waals surface area contributed by atoms with Crippen LogP contribution in [0.2, 0.25) is 5.15 Å². The molecule has 0 spiro atoms. The summed E-state index contributed by atoms with van der Waals surface area (Å²) in [6.45, 7) is 9.72. The number of rotatable bonds is 2. The van der Waals surface area contributed by atoms with Crippen LogP contribution in [0.25, 0.3) is 11.0 Å². The molecule has 2 saturated heterocycles. The summed E-state index contributed by atoms with van der Waals surface area (Å²) in [6.07, 6.45) is 2.37. The molecule has 2 aromatic heterocycles. The van der Waals surface area contributed by atoms with Crippen LogP contribution in [-0.4, -0.2) is 75.0 Å². The van der Waals surface area contributed by atoms with Crippen molar-refractivity contribution in [2.45, 2.75) is 58.8 Å². The smallest absolute Gasteiger partial charge is 0.410 e. The molecule has 174 valence electrons. The Labute approximate surface area is 192 Å². The standard InChI is InChI=1S/C22H30ClN5O4/c1-14-18-15(13-16(23)24-19(18)28(25-14)17-7-5-6-12-31-17)20(29)26-8-10-27(11-9-26)21(30)32-22(2,3)4/h13,17H,5-12H2,1-4H3. The Morgan fingerprint density at radius 2 is 1.84 bits per heavy atom. The van der Waals surface area contributed by atoms with Crippen molar-refractivity contribution in [2.24, 2.45) is 0 Å². The number of amides is 2. The fourth-order valence-corrected chi connectivity index (χ4v) is 4.35. The third kappa shape index (κ3) is 4.68. The van der Waals surface area contributed by atoms with Crippen LogP contribution in [0.15, 0.2) is 6.07 Å². The highest BCUT2D eigenvalue weighted by molar-refractivity contribution is 6.30. The van der Waals surface area contributed by atoms with E-state index in [-0.39, 0.29) is 23.4 Å². The molecule has 0 saturated carbocycles. The van der Waals surface area contributed by atoms with Crippen molar-refractivity contribution in [3.63, 3.8) is 0 Å². The van der Waals surface area contributed by atoms with E-state index in [1.165, 1.54) is 0 Å². The number of fused-ring (bicyclic) bond motifs is 1. The molecule has 9 nitrogen and oxygen atoms in total. The van der Waals surface area contributed by atoms with Gasteiger partial charge >= 0.3 is 6.09 Å². The average molecular weight is 464 g/mol. The van der Waals surface area contributed by atoms with Crippen molar-refractivity contribution in [1.82, 2.24) is 24.6 Å². The zero-order valence-corrected chi connectivity index (χ0v) is 19.8. The molecule has 2 aliphatic rings. The highest BCUT2D eigenvalue weighted by atomic mass is 35.5. The summed E-state index contributed by atoms with van der Waals surface area (Å²) in [6, 6.07) is 1.60. The number of piperazine rings is 1. The van der Waals surface area contributed by atoms with E-state index in [1.54, 1.807) is 20.5 Å². The van der Waals surface area contributed by atoms with Crippen molar-refractivity contribution in [1.29, 1.82) is 0 Å². The number of aromatic nitrogens is 3. The minimum Gasteiger partial charge on any atom is -0.444 e. The van der Waals surface area contributed by atoms with Gasteiger partial charge in [0.15, 0.2) is 11.9 Å². The quantitative estimate of drug-likeness (QED) is 0.629. The van der Waals surface area contributed by atoms with Gasteiger partial charge in [0.05, 0.1) is 16.6 Å². The fourth-order valence-electron chi connectivity index (χ4n) is 4.16. The van der Waals surface area contributed by atoms with E-state index in [0.29, 0.717) is 55.1 Å². The number of aryl methyl sites for hydroxylation is 1. The maximum absolute atomic E-state index is 13.4. The summed E-state index contributed by atoms with van der Waals surface area (Å²) < 4.78 is 13.1. The second kappa shape index (κ2) is 8.86. The molecule has 32 heavy (non-hydrogen) atoms. The lowest BCUT2D eigenvalue weighted by molar-refractivity contribution is -0.0371. The van der Waals surface area contributed by atoms with Gasteiger partial charge in [0, 0.05) is 32.8 Å².